The van der Waals surface area contributed by atoms with Crippen molar-refractivity contribution in [1.29, 1.82) is 0 Å². The van der Waals surface area contributed by atoms with E-state index in [1.807, 2.05) is 14.1 Å². The van der Waals surface area contributed by atoms with Crippen molar-refractivity contribution in [2.45, 2.75) is 11.8 Å². The van der Waals surface area contributed by atoms with Gasteiger partial charge in [-0.1, -0.05) is 60.7 Å². The van der Waals surface area contributed by atoms with Crippen LogP contribution in [0.3, 0.4) is 0 Å². The first kappa shape index (κ1) is 14.5. The van der Waals surface area contributed by atoms with Gasteiger partial charge in [0.05, 0.1) is 0 Å². The van der Waals surface area contributed by atoms with Gasteiger partial charge >= 0.3 is 0 Å². The van der Waals surface area contributed by atoms with Crippen molar-refractivity contribution in [3.05, 3.63) is 77.4 Å². The van der Waals surface area contributed by atoms with Gasteiger partial charge in [-0.2, -0.15) is 0 Å². The van der Waals surface area contributed by atoms with Crippen LogP contribution in [0.25, 0.3) is 27.6 Å². The Morgan fingerprint density at radius 3 is 2.60 bits per heavy atom. The third kappa shape index (κ3) is 1.72. The molecule has 122 valence electrons. The van der Waals surface area contributed by atoms with Crippen molar-refractivity contribution in [2.75, 3.05) is 14.1 Å². The zero-order valence-electron chi connectivity index (χ0n) is 14.4. The van der Waals surface area contributed by atoms with Crippen molar-refractivity contribution in [3.8, 4) is 0 Å². The fraction of sp³-hybridized carbons (Fsp3) is 0.174. The molecule has 1 atom stereocenters. The molecule has 25 heavy (non-hydrogen) atoms. The number of likely N-dealkylation sites (N-methyl/N-ethyl adjacent to an activating group) is 1. The minimum atomic E-state index is -0.529. The van der Waals surface area contributed by atoms with Crippen LogP contribution in [0.15, 0.2) is 66.3 Å². The van der Waals surface area contributed by atoms with E-state index in [0.29, 0.717) is 0 Å². The lowest BCUT2D eigenvalue weighted by molar-refractivity contribution is -0.133. The zero-order valence-corrected chi connectivity index (χ0v) is 14.4. The van der Waals surface area contributed by atoms with Gasteiger partial charge in [0.15, 0.2) is 0 Å². The van der Waals surface area contributed by atoms with E-state index in [4.69, 9.17) is 0 Å². The Hall–Kier alpha value is -2.87. The van der Waals surface area contributed by atoms with Crippen molar-refractivity contribution in [2.24, 2.45) is 0 Å². The second-order valence-electron chi connectivity index (χ2n) is 7.22. The van der Waals surface area contributed by atoms with Gasteiger partial charge in [0.1, 0.15) is 5.41 Å². The minimum Gasteiger partial charge on any atom is -0.348 e. The molecule has 0 saturated carbocycles. The van der Waals surface area contributed by atoms with Gasteiger partial charge in [-0.25, -0.2) is 0 Å². The summed E-state index contributed by atoms with van der Waals surface area (Å²) in [6, 6.07) is 17.2. The second-order valence-corrected chi connectivity index (χ2v) is 7.22. The summed E-state index contributed by atoms with van der Waals surface area (Å²) in [4.78, 5) is 14.8. The number of amides is 1. The van der Waals surface area contributed by atoms with Gasteiger partial charge in [-0.15, -0.1) is 0 Å². The number of carbonyl (C=O) groups is 1. The molecule has 0 spiro atoms. The van der Waals surface area contributed by atoms with E-state index in [0.717, 1.165) is 17.6 Å². The number of rotatable bonds is 1. The fourth-order valence-electron chi connectivity index (χ4n) is 4.56. The number of hydrogen-bond donors (Lipinski definition) is 0. The quantitative estimate of drug-likeness (QED) is 0.595. The lowest BCUT2D eigenvalue weighted by Gasteiger charge is -2.30. The topological polar surface area (TPSA) is 20.3 Å². The van der Waals surface area contributed by atoms with E-state index in [1.165, 1.54) is 27.1 Å². The van der Waals surface area contributed by atoms with Gasteiger partial charge in [-0.3, -0.25) is 4.79 Å². The van der Waals surface area contributed by atoms with Crippen LogP contribution in [-0.2, 0) is 10.2 Å². The minimum absolute atomic E-state index is 0.169. The Morgan fingerprint density at radius 1 is 0.960 bits per heavy atom. The maximum atomic E-state index is 13.1. The number of nitrogens with zero attached hydrogens (tertiary/aromatic N) is 1. The molecule has 2 aliphatic carbocycles. The third-order valence-corrected chi connectivity index (χ3v) is 5.71. The molecule has 0 N–H and O–H groups in total. The van der Waals surface area contributed by atoms with Crippen molar-refractivity contribution in [1.82, 2.24) is 4.90 Å². The molecule has 5 rings (SSSR count). The molecule has 2 aliphatic rings. The lowest BCUT2D eigenvalue weighted by atomic mass is 9.76. The average molecular weight is 325 g/mol. The van der Waals surface area contributed by atoms with Crippen LogP contribution in [-0.4, -0.2) is 24.9 Å². The van der Waals surface area contributed by atoms with Crippen molar-refractivity contribution >= 4 is 33.5 Å². The summed E-state index contributed by atoms with van der Waals surface area (Å²) >= 11 is 0. The average Bonchev–Trinajstić information content (AvgIpc) is 3.17. The SMILES string of the molecule is CN(C)C(=O)C12CC=CC1=Cc1c2ccc2c1ccc1ccccc12. The molecule has 0 heterocycles. The highest BCUT2D eigenvalue weighted by molar-refractivity contribution is 6.13. The summed E-state index contributed by atoms with van der Waals surface area (Å²) in [5, 5.41) is 5.00. The number of hydrogen-bond acceptors (Lipinski definition) is 1. The number of benzene rings is 3. The normalized spacial score (nSPS) is 20.6. The molecule has 1 unspecified atom stereocenters. The molecule has 0 aliphatic heterocycles. The molecule has 0 fully saturated rings. The monoisotopic (exact) mass is 325 g/mol. The Morgan fingerprint density at radius 2 is 1.76 bits per heavy atom. The summed E-state index contributed by atoms with van der Waals surface area (Å²) in [7, 11) is 3.69. The van der Waals surface area contributed by atoms with Crippen LogP contribution in [0.1, 0.15) is 17.5 Å². The molecule has 0 radical (unpaired) electrons. The molecule has 0 bridgehead atoms. The van der Waals surface area contributed by atoms with Crippen molar-refractivity contribution in [3.63, 3.8) is 0 Å². The van der Waals surface area contributed by atoms with Crippen LogP contribution < -0.4 is 0 Å². The van der Waals surface area contributed by atoms with Crippen LogP contribution in [0.4, 0.5) is 0 Å². The molecule has 3 aromatic carbocycles. The second kappa shape index (κ2) is 4.82. The van der Waals surface area contributed by atoms with E-state index in [9.17, 15) is 4.79 Å². The van der Waals surface area contributed by atoms with E-state index in [1.54, 1.807) is 4.90 Å². The highest BCUT2D eigenvalue weighted by Gasteiger charge is 2.49. The zero-order chi connectivity index (χ0) is 17.2. The Balaban J connectivity index is 1.86. The highest BCUT2D eigenvalue weighted by atomic mass is 16.2. The maximum Gasteiger partial charge on any atom is 0.237 e. The molecule has 3 aromatic rings. The summed E-state index contributed by atoms with van der Waals surface area (Å²) in [6.45, 7) is 0. The summed E-state index contributed by atoms with van der Waals surface area (Å²) in [5.41, 5.74) is 2.95. The number of allylic oxidation sites excluding steroid dienone is 2. The van der Waals surface area contributed by atoms with Gasteiger partial charge in [0, 0.05) is 14.1 Å². The molecule has 2 heteroatoms. The summed E-state index contributed by atoms with van der Waals surface area (Å²) in [6.07, 6.45) is 7.22. The molecular formula is C23H19NO. The van der Waals surface area contributed by atoms with E-state index in [2.05, 4.69) is 66.8 Å². The summed E-state index contributed by atoms with van der Waals surface area (Å²) in [5.74, 6) is 0.169. The maximum absolute atomic E-state index is 13.1. The van der Waals surface area contributed by atoms with Crippen LogP contribution in [0, 0.1) is 0 Å². The third-order valence-electron chi connectivity index (χ3n) is 5.71. The van der Waals surface area contributed by atoms with Gasteiger partial charge in [0.2, 0.25) is 5.91 Å². The van der Waals surface area contributed by atoms with Gasteiger partial charge in [-0.05, 0) is 50.7 Å². The number of carbonyl (C=O) groups excluding carboxylic acids is 1. The lowest BCUT2D eigenvalue weighted by Crippen LogP contribution is -2.42. The van der Waals surface area contributed by atoms with E-state index < -0.39 is 5.41 Å². The first-order chi connectivity index (χ1) is 12.1. The molecular weight excluding hydrogens is 306 g/mol. The van der Waals surface area contributed by atoms with Gasteiger partial charge < -0.3 is 4.90 Å². The number of fused-ring (bicyclic) bond motifs is 7. The highest BCUT2D eigenvalue weighted by Crippen LogP contribution is 2.51. The Bertz CT molecular complexity index is 1120. The van der Waals surface area contributed by atoms with E-state index >= 15 is 0 Å². The molecule has 1 amide bonds. The predicted molar refractivity (Wildman–Crippen MR) is 104 cm³/mol. The largest absolute Gasteiger partial charge is 0.348 e. The van der Waals surface area contributed by atoms with Crippen LogP contribution >= 0.6 is 0 Å². The first-order valence-corrected chi connectivity index (χ1v) is 8.68. The standard InChI is InChI=1S/C23H19NO/c1-24(2)22(25)23-13-5-7-16(23)14-20-19-10-9-15-6-3-4-8-17(15)18(19)11-12-21(20)23/h3-12,14H,13H2,1-2H3. The molecule has 2 nitrogen and oxygen atoms in total. The van der Waals surface area contributed by atoms with E-state index in [-0.39, 0.29) is 5.91 Å². The predicted octanol–water partition coefficient (Wildman–Crippen LogP) is 4.68. The van der Waals surface area contributed by atoms with Gasteiger partial charge in [0.25, 0.3) is 0 Å². The fourth-order valence-corrected chi connectivity index (χ4v) is 4.56. The first-order valence-electron chi connectivity index (χ1n) is 8.68. The summed E-state index contributed by atoms with van der Waals surface area (Å²) < 4.78 is 0. The molecule has 0 saturated heterocycles. The van der Waals surface area contributed by atoms with Crippen molar-refractivity contribution < 1.29 is 4.79 Å². The molecule has 0 aromatic heterocycles. The smallest absolute Gasteiger partial charge is 0.237 e. The van der Waals surface area contributed by atoms with Crippen LogP contribution in [0.5, 0.6) is 0 Å². The Labute approximate surface area is 147 Å². The van der Waals surface area contributed by atoms with Crippen LogP contribution in [0.2, 0.25) is 0 Å². The Kier molecular flexibility index (Phi) is 2.79.